The standard InChI is InChI=1S/C15H29N3O/c1-5-13-6-7-16-14(8-13)15(19)18-9-11(2)17(4)12(3)10-18/h11-14,16H,5-10H2,1-4H3. The number of hydrogen-bond donors (Lipinski definition) is 1. The zero-order valence-corrected chi connectivity index (χ0v) is 12.9. The second-order valence-electron chi connectivity index (χ2n) is 6.41. The molecule has 0 aliphatic carbocycles. The fraction of sp³-hybridized carbons (Fsp3) is 0.933. The van der Waals surface area contributed by atoms with Crippen molar-refractivity contribution in [3.63, 3.8) is 0 Å². The summed E-state index contributed by atoms with van der Waals surface area (Å²) in [6.45, 7) is 9.38. The first-order chi connectivity index (χ1) is 9.02. The molecule has 2 fully saturated rings. The molecule has 4 heteroatoms. The molecule has 0 spiro atoms. The van der Waals surface area contributed by atoms with Crippen LogP contribution in [0.1, 0.15) is 40.0 Å². The maximum atomic E-state index is 12.7. The zero-order valence-electron chi connectivity index (χ0n) is 12.9. The molecule has 2 aliphatic rings. The largest absolute Gasteiger partial charge is 0.338 e. The van der Waals surface area contributed by atoms with Crippen LogP contribution in [0.3, 0.4) is 0 Å². The third-order valence-corrected chi connectivity index (χ3v) is 5.06. The van der Waals surface area contributed by atoms with E-state index in [0.717, 1.165) is 32.0 Å². The first-order valence-electron chi connectivity index (χ1n) is 7.77. The van der Waals surface area contributed by atoms with E-state index in [1.807, 2.05) is 0 Å². The minimum atomic E-state index is 0.0570. The molecule has 2 aliphatic heterocycles. The lowest BCUT2D eigenvalue weighted by Crippen LogP contribution is -2.60. The fourth-order valence-corrected chi connectivity index (χ4v) is 3.36. The number of carbonyl (C=O) groups is 1. The van der Waals surface area contributed by atoms with Crippen LogP contribution in [0.5, 0.6) is 0 Å². The summed E-state index contributed by atoms with van der Waals surface area (Å²) in [5.41, 5.74) is 0. The Kier molecular flexibility index (Phi) is 4.85. The Labute approximate surface area is 117 Å². The van der Waals surface area contributed by atoms with Crippen LogP contribution >= 0.6 is 0 Å². The summed E-state index contributed by atoms with van der Waals surface area (Å²) in [6.07, 6.45) is 3.43. The molecule has 19 heavy (non-hydrogen) atoms. The molecule has 0 radical (unpaired) electrons. The lowest BCUT2D eigenvalue weighted by Gasteiger charge is -2.44. The average Bonchev–Trinajstić information content (AvgIpc) is 2.43. The van der Waals surface area contributed by atoms with E-state index in [1.165, 1.54) is 12.8 Å². The van der Waals surface area contributed by atoms with E-state index in [1.54, 1.807) is 0 Å². The van der Waals surface area contributed by atoms with Crippen molar-refractivity contribution in [1.29, 1.82) is 0 Å². The van der Waals surface area contributed by atoms with Gasteiger partial charge in [0.25, 0.3) is 0 Å². The van der Waals surface area contributed by atoms with Crippen molar-refractivity contribution >= 4 is 5.91 Å². The average molecular weight is 267 g/mol. The van der Waals surface area contributed by atoms with Crippen LogP contribution in [0.15, 0.2) is 0 Å². The van der Waals surface area contributed by atoms with Crippen molar-refractivity contribution in [2.75, 3.05) is 26.7 Å². The second-order valence-corrected chi connectivity index (χ2v) is 6.41. The van der Waals surface area contributed by atoms with Gasteiger partial charge in [0.15, 0.2) is 0 Å². The van der Waals surface area contributed by atoms with E-state index < -0.39 is 0 Å². The lowest BCUT2D eigenvalue weighted by atomic mass is 9.89. The number of hydrogen-bond acceptors (Lipinski definition) is 3. The Morgan fingerprint density at radius 1 is 1.26 bits per heavy atom. The molecule has 1 N–H and O–H groups in total. The van der Waals surface area contributed by atoms with Gasteiger partial charge in [-0.1, -0.05) is 13.3 Å². The summed E-state index contributed by atoms with van der Waals surface area (Å²) in [4.78, 5) is 17.1. The molecule has 110 valence electrons. The van der Waals surface area contributed by atoms with Crippen LogP contribution in [0.2, 0.25) is 0 Å². The van der Waals surface area contributed by atoms with Gasteiger partial charge in [0, 0.05) is 25.2 Å². The molecule has 2 heterocycles. The highest BCUT2D eigenvalue weighted by Gasteiger charge is 2.34. The van der Waals surface area contributed by atoms with Crippen molar-refractivity contribution < 1.29 is 4.79 Å². The van der Waals surface area contributed by atoms with E-state index in [2.05, 4.69) is 42.9 Å². The SMILES string of the molecule is CCC1CCNC(C(=O)N2CC(C)N(C)C(C)C2)C1. The van der Waals surface area contributed by atoms with Crippen molar-refractivity contribution in [3.8, 4) is 0 Å². The highest BCUT2D eigenvalue weighted by atomic mass is 16.2. The Balaban J connectivity index is 1.95. The summed E-state index contributed by atoms with van der Waals surface area (Å²) in [5, 5.41) is 3.42. The van der Waals surface area contributed by atoms with Gasteiger partial charge in [0.2, 0.25) is 5.91 Å². The van der Waals surface area contributed by atoms with Gasteiger partial charge in [-0.25, -0.2) is 0 Å². The van der Waals surface area contributed by atoms with Gasteiger partial charge >= 0.3 is 0 Å². The minimum Gasteiger partial charge on any atom is -0.338 e. The first kappa shape index (κ1) is 14.8. The first-order valence-corrected chi connectivity index (χ1v) is 7.77. The number of likely N-dealkylation sites (N-methyl/N-ethyl adjacent to an activating group) is 1. The minimum absolute atomic E-state index is 0.0570. The molecule has 0 bridgehead atoms. The van der Waals surface area contributed by atoms with Gasteiger partial charge < -0.3 is 10.2 Å². The molecule has 4 atom stereocenters. The maximum absolute atomic E-state index is 12.7. The molecule has 0 aromatic carbocycles. The van der Waals surface area contributed by atoms with Gasteiger partial charge in [-0.2, -0.15) is 0 Å². The molecule has 2 saturated heterocycles. The van der Waals surface area contributed by atoms with E-state index in [4.69, 9.17) is 0 Å². The predicted octanol–water partition coefficient (Wildman–Crippen LogP) is 1.32. The summed E-state index contributed by atoms with van der Waals surface area (Å²) < 4.78 is 0. The number of amides is 1. The Morgan fingerprint density at radius 3 is 2.47 bits per heavy atom. The Bertz CT molecular complexity index is 309. The summed E-state index contributed by atoms with van der Waals surface area (Å²) in [6, 6.07) is 0.970. The quantitative estimate of drug-likeness (QED) is 0.819. The third-order valence-electron chi connectivity index (χ3n) is 5.06. The van der Waals surface area contributed by atoms with E-state index in [-0.39, 0.29) is 6.04 Å². The Morgan fingerprint density at radius 2 is 1.89 bits per heavy atom. The lowest BCUT2D eigenvalue weighted by molar-refractivity contribution is -0.138. The molecule has 4 unspecified atom stereocenters. The smallest absolute Gasteiger partial charge is 0.239 e. The van der Waals surface area contributed by atoms with E-state index >= 15 is 0 Å². The molecule has 4 nitrogen and oxygen atoms in total. The second kappa shape index (κ2) is 6.23. The topological polar surface area (TPSA) is 35.6 Å². The molecule has 0 aromatic rings. The van der Waals surface area contributed by atoms with Crippen LogP contribution in [0.25, 0.3) is 0 Å². The van der Waals surface area contributed by atoms with Crippen LogP contribution in [0.4, 0.5) is 0 Å². The van der Waals surface area contributed by atoms with Crippen molar-refractivity contribution in [1.82, 2.24) is 15.1 Å². The normalized spacial score (nSPS) is 37.4. The van der Waals surface area contributed by atoms with Crippen molar-refractivity contribution in [2.24, 2.45) is 5.92 Å². The number of piperidine rings is 1. The van der Waals surface area contributed by atoms with Gasteiger partial charge in [-0.15, -0.1) is 0 Å². The number of carbonyl (C=O) groups excluding carboxylic acids is 1. The highest BCUT2D eigenvalue weighted by molar-refractivity contribution is 5.82. The molecule has 1 amide bonds. The maximum Gasteiger partial charge on any atom is 0.239 e. The molecule has 0 aromatic heterocycles. The van der Waals surface area contributed by atoms with E-state index in [0.29, 0.717) is 18.0 Å². The van der Waals surface area contributed by atoms with E-state index in [9.17, 15) is 4.79 Å². The summed E-state index contributed by atoms with van der Waals surface area (Å²) in [7, 11) is 2.16. The number of nitrogens with one attached hydrogen (secondary N) is 1. The Hall–Kier alpha value is -0.610. The van der Waals surface area contributed by atoms with Gasteiger partial charge in [0.1, 0.15) is 0 Å². The van der Waals surface area contributed by atoms with Crippen molar-refractivity contribution in [3.05, 3.63) is 0 Å². The molecule has 0 saturated carbocycles. The van der Waals surface area contributed by atoms with Gasteiger partial charge in [0.05, 0.1) is 6.04 Å². The summed E-state index contributed by atoms with van der Waals surface area (Å²) in [5.74, 6) is 1.04. The number of piperazine rings is 1. The number of nitrogens with zero attached hydrogens (tertiary/aromatic N) is 2. The van der Waals surface area contributed by atoms with Crippen LogP contribution in [-0.2, 0) is 4.79 Å². The fourth-order valence-electron chi connectivity index (χ4n) is 3.36. The molecular weight excluding hydrogens is 238 g/mol. The number of rotatable bonds is 2. The van der Waals surface area contributed by atoms with Crippen molar-refractivity contribution in [2.45, 2.75) is 58.2 Å². The zero-order chi connectivity index (χ0) is 14.0. The molecular formula is C15H29N3O. The van der Waals surface area contributed by atoms with Crippen LogP contribution in [0, 0.1) is 5.92 Å². The summed E-state index contributed by atoms with van der Waals surface area (Å²) >= 11 is 0. The molecule has 2 rings (SSSR count). The third kappa shape index (κ3) is 3.29. The predicted molar refractivity (Wildman–Crippen MR) is 78.1 cm³/mol. The van der Waals surface area contributed by atoms with Crippen LogP contribution in [-0.4, -0.2) is 60.5 Å². The highest BCUT2D eigenvalue weighted by Crippen LogP contribution is 2.22. The van der Waals surface area contributed by atoms with Gasteiger partial charge in [-0.05, 0) is 46.2 Å². The van der Waals surface area contributed by atoms with Crippen LogP contribution < -0.4 is 5.32 Å². The van der Waals surface area contributed by atoms with Gasteiger partial charge in [-0.3, -0.25) is 9.69 Å². The monoisotopic (exact) mass is 267 g/mol.